The number of pyridine rings is 1. The third-order valence-corrected chi connectivity index (χ3v) is 2.76. The van der Waals surface area contributed by atoms with Gasteiger partial charge in [-0.3, -0.25) is 4.79 Å². The number of H-pyrrole nitrogens is 1. The molecule has 88 valence electrons. The monoisotopic (exact) mass is 231 g/mol. The van der Waals surface area contributed by atoms with Crippen molar-refractivity contribution in [1.82, 2.24) is 4.98 Å². The summed E-state index contributed by atoms with van der Waals surface area (Å²) in [5, 5.41) is 0.521. The molecule has 0 aliphatic rings. The molecule has 1 aromatic carbocycles. The maximum absolute atomic E-state index is 12.1. The molecule has 17 heavy (non-hydrogen) atoms. The van der Waals surface area contributed by atoms with Crippen LogP contribution >= 0.6 is 0 Å². The number of carbonyl (C=O) groups excluding carboxylic acids is 1. The highest BCUT2D eigenvalue weighted by atomic mass is 16.5. The number of rotatable bonds is 2. The van der Waals surface area contributed by atoms with Gasteiger partial charge in [-0.1, -0.05) is 13.0 Å². The SMILES string of the molecule is CCc1ccc2[nH]cc(C(=O)OC)c(=O)c2c1. The Morgan fingerprint density at radius 3 is 2.82 bits per heavy atom. The molecular weight excluding hydrogens is 218 g/mol. The van der Waals surface area contributed by atoms with Gasteiger partial charge in [-0.05, 0) is 24.1 Å². The van der Waals surface area contributed by atoms with Crippen LogP contribution in [0.4, 0.5) is 0 Å². The van der Waals surface area contributed by atoms with Crippen LogP contribution in [-0.4, -0.2) is 18.1 Å². The summed E-state index contributed by atoms with van der Waals surface area (Å²) in [6.07, 6.45) is 2.24. The number of fused-ring (bicyclic) bond motifs is 1. The van der Waals surface area contributed by atoms with Crippen LogP contribution in [0, 0.1) is 0 Å². The average molecular weight is 231 g/mol. The molecule has 0 radical (unpaired) electrons. The minimum atomic E-state index is -0.616. The van der Waals surface area contributed by atoms with Crippen molar-refractivity contribution < 1.29 is 9.53 Å². The summed E-state index contributed by atoms with van der Waals surface area (Å²) in [4.78, 5) is 26.4. The normalized spacial score (nSPS) is 10.5. The van der Waals surface area contributed by atoms with Gasteiger partial charge in [0.1, 0.15) is 5.56 Å². The van der Waals surface area contributed by atoms with Gasteiger partial charge in [0.2, 0.25) is 5.43 Å². The fourth-order valence-electron chi connectivity index (χ4n) is 1.75. The van der Waals surface area contributed by atoms with E-state index < -0.39 is 5.97 Å². The maximum Gasteiger partial charge on any atom is 0.343 e. The molecule has 0 bridgehead atoms. The van der Waals surface area contributed by atoms with Crippen LogP contribution in [-0.2, 0) is 11.2 Å². The molecular formula is C13H13NO3. The van der Waals surface area contributed by atoms with E-state index in [9.17, 15) is 9.59 Å². The van der Waals surface area contributed by atoms with E-state index >= 15 is 0 Å². The lowest BCUT2D eigenvalue weighted by Gasteiger charge is -2.03. The molecule has 4 nitrogen and oxygen atoms in total. The van der Waals surface area contributed by atoms with E-state index in [1.54, 1.807) is 6.07 Å². The standard InChI is InChI=1S/C13H13NO3/c1-3-8-4-5-11-9(6-8)12(15)10(7-14-11)13(16)17-2/h4-7H,3H2,1-2H3,(H,14,15). The van der Waals surface area contributed by atoms with E-state index in [0.717, 1.165) is 17.5 Å². The average Bonchev–Trinajstić information content (AvgIpc) is 2.38. The van der Waals surface area contributed by atoms with Crippen molar-refractivity contribution in [2.45, 2.75) is 13.3 Å². The van der Waals surface area contributed by atoms with E-state index in [-0.39, 0.29) is 11.0 Å². The van der Waals surface area contributed by atoms with Crippen LogP contribution in [0.5, 0.6) is 0 Å². The minimum Gasteiger partial charge on any atom is -0.465 e. The summed E-state index contributed by atoms with van der Waals surface area (Å²) < 4.78 is 4.56. The third-order valence-electron chi connectivity index (χ3n) is 2.76. The molecule has 1 N–H and O–H groups in total. The first-order valence-electron chi connectivity index (χ1n) is 5.40. The smallest absolute Gasteiger partial charge is 0.343 e. The molecule has 0 unspecified atom stereocenters. The van der Waals surface area contributed by atoms with Crippen molar-refractivity contribution in [3.05, 3.63) is 45.7 Å². The van der Waals surface area contributed by atoms with Gasteiger partial charge in [-0.15, -0.1) is 0 Å². The fourth-order valence-corrected chi connectivity index (χ4v) is 1.75. The number of hydrogen-bond acceptors (Lipinski definition) is 3. The van der Waals surface area contributed by atoms with Gasteiger partial charge in [0, 0.05) is 17.1 Å². The largest absolute Gasteiger partial charge is 0.465 e. The molecule has 0 amide bonds. The van der Waals surface area contributed by atoms with Crippen molar-refractivity contribution >= 4 is 16.9 Å². The van der Waals surface area contributed by atoms with E-state index in [1.807, 2.05) is 19.1 Å². The molecule has 0 aliphatic carbocycles. The lowest BCUT2D eigenvalue weighted by atomic mass is 10.1. The third kappa shape index (κ3) is 1.93. The van der Waals surface area contributed by atoms with Crippen molar-refractivity contribution in [3.8, 4) is 0 Å². The summed E-state index contributed by atoms with van der Waals surface area (Å²) >= 11 is 0. The Kier molecular flexibility index (Phi) is 2.95. The topological polar surface area (TPSA) is 59.2 Å². The van der Waals surface area contributed by atoms with Crippen LogP contribution in [0.15, 0.2) is 29.2 Å². The molecule has 4 heteroatoms. The van der Waals surface area contributed by atoms with Gasteiger partial charge < -0.3 is 9.72 Å². The van der Waals surface area contributed by atoms with Crippen molar-refractivity contribution in [1.29, 1.82) is 0 Å². The Morgan fingerprint density at radius 2 is 2.18 bits per heavy atom. The van der Waals surface area contributed by atoms with Crippen LogP contribution < -0.4 is 5.43 Å². The Hall–Kier alpha value is -2.10. The Morgan fingerprint density at radius 1 is 1.41 bits per heavy atom. The van der Waals surface area contributed by atoms with Crippen LogP contribution in [0.1, 0.15) is 22.8 Å². The number of nitrogens with one attached hydrogen (secondary N) is 1. The first-order chi connectivity index (χ1) is 8.17. The van der Waals surface area contributed by atoms with Crippen LogP contribution in [0.2, 0.25) is 0 Å². The van der Waals surface area contributed by atoms with Crippen LogP contribution in [0.25, 0.3) is 10.9 Å². The number of aromatic nitrogens is 1. The Bertz CT molecular complexity index is 628. The number of hydrogen-bond donors (Lipinski definition) is 1. The molecule has 2 rings (SSSR count). The summed E-state index contributed by atoms with van der Waals surface area (Å²) in [5.74, 6) is -0.616. The molecule has 0 fully saturated rings. The molecule has 0 aliphatic heterocycles. The second-order valence-electron chi connectivity index (χ2n) is 3.76. The molecule has 0 spiro atoms. The molecule has 0 saturated carbocycles. The first-order valence-corrected chi connectivity index (χ1v) is 5.40. The highest BCUT2D eigenvalue weighted by Crippen LogP contribution is 2.12. The van der Waals surface area contributed by atoms with E-state index in [4.69, 9.17) is 0 Å². The summed E-state index contributed by atoms with van der Waals surface area (Å²) in [6, 6.07) is 5.60. The number of aromatic amines is 1. The van der Waals surface area contributed by atoms with Gasteiger partial charge in [0.15, 0.2) is 0 Å². The van der Waals surface area contributed by atoms with Gasteiger partial charge in [-0.25, -0.2) is 4.79 Å². The lowest BCUT2D eigenvalue weighted by molar-refractivity contribution is 0.0599. The highest BCUT2D eigenvalue weighted by Gasteiger charge is 2.12. The molecule has 2 aromatic rings. The Balaban J connectivity index is 2.73. The zero-order valence-corrected chi connectivity index (χ0v) is 9.74. The molecule has 0 saturated heterocycles. The summed E-state index contributed by atoms with van der Waals surface area (Å²) in [5.41, 5.74) is 1.53. The number of methoxy groups -OCH3 is 1. The second-order valence-corrected chi connectivity index (χ2v) is 3.76. The fraction of sp³-hybridized carbons (Fsp3) is 0.231. The quantitative estimate of drug-likeness (QED) is 0.803. The minimum absolute atomic E-state index is 0.0354. The zero-order chi connectivity index (χ0) is 12.4. The number of esters is 1. The van der Waals surface area contributed by atoms with Crippen LogP contribution in [0.3, 0.4) is 0 Å². The molecule has 1 aromatic heterocycles. The maximum atomic E-state index is 12.1. The number of ether oxygens (including phenoxy) is 1. The molecule has 0 atom stereocenters. The summed E-state index contributed by atoms with van der Waals surface area (Å²) in [6.45, 7) is 2.01. The van der Waals surface area contributed by atoms with Gasteiger partial charge in [-0.2, -0.15) is 0 Å². The van der Waals surface area contributed by atoms with E-state index in [2.05, 4.69) is 9.72 Å². The predicted molar refractivity (Wildman–Crippen MR) is 65.3 cm³/mol. The number of carbonyl (C=O) groups is 1. The van der Waals surface area contributed by atoms with E-state index in [1.165, 1.54) is 13.3 Å². The summed E-state index contributed by atoms with van der Waals surface area (Å²) in [7, 11) is 1.26. The number of benzene rings is 1. The van der Waals surface area contributed by atoms with Crippen molar-refractivity contribution in [3.63, 3.8) is 0 Å². The first kappa shape index (κ1) is 11.4. The van der Waals surface area contributed by atoms with Gasteiger partial charge in [0.05, 0.1) is 7.11 Å². The predicted octanol–water partition coefficient (Wildman–Crippen LogP) is 1.88. The van der Waals surface area contributed by atoms with E-state index in [0.29, 0.717) is 5.39 Å². The van der Waals surface area contributed by atoms with Gasteiger partial charge in [0.25, 0.3) is 0 Å². The molecule has 1 heterocycles. The zero-order valence-electron chi connectivity index (χ0n) is 9.74. The number of aryl methyl sites for hydroxylation is 1. The highest BCUT2D eigenvalue weighted by molar-refractivity contribution is 5.93. The van der Waals surface area contributed by atoms with Crippen molar-refractivity contribution in [2.24, 2.45) is 0 Å². The van der Waals surface area contributed by atoms with Gasteiger partial charge >= 0.3 is 5.97 Å². The Labute approximate surface area is 98.2 Å². The van der Waals surface area contributed by atoms with Crippen molar-refractivity contribution in [2.75, 3.05) is 7.11 Å². The second kappa shape index (κ2) is 4.41. The lowest BCUT2D eigenvalue weighted by Crippen LogP contribution is -2.17.